The van der Waals surface area contributed by atoms with Gasteiger partial charge in [-0.1, -0.05) is 0 Å². The molecular weight excluding hydrogens is 312 g/mol. The lowest BCUT2D eigenvalue weighted by atomic mass is 9.57. The molecule has 3 heterocycles. The minimum atomic E-state index is -0.0146. The molecule has 1 amide bonds. The zero-order chi connectivity index (χ0) is 15.9. The molecule has 2 N–H and O–H groups in total. The molecule has 0 radical (unpaired) electrons. The Hall–Kier alpha value is -1.37. The van der Waals surface area contributed by atoms with Crippen LogP contribution in [0.3, 0.4) is 0 Å². The molecule has 0 aromatic carbocycles. The van der Waals surface area contributed by atoms with Crippen molar-refractivity contribution < 1.29 is 14.3 Å². The lowest BCUT2D eigenvalue weighted by Crippen LogP contribution is -2.66. The topological polar surface area (TPSA) is 63.3 Å². The van der Waals surface area contributed by atoms with E-state index in [0.717, 1.165) is 49.3 Å². The average molecular weight is 334 g/mol. The van der Waals surface area contributed by atoms with Crippen molar-refractivity contribution in [1.29, 1.82) is 0 Å². The first-order valence-electron chi connectivity index (χ1n) is 8.29. The number of H-pyrrole nitrogens is 1. The normalized spacial score (nSPS) is 26.3. The Bertz CT molecular complexity index is 673. The number of aromatic nitrogens is 1. The Morgan fingerprint density at radius 2 is 2.35 bits per heavy atom. The molecule has 2 fully saturated rings. The molecular formula is C17H22N2O3S. The molecule has 23 heavy (non-hydrogen) atoms. The van der Waals surface area contributed by atoms with Gasteiger partial charge in [0.15, 0.2) is 0 Å². The van der Waals surface area contributed by atoms with Crippen molar-refractivity contribution >= 4 is 27.5 Å². The largest absolute Gasteiger partial charge is 0.381 e. The van der Waals surface area contributed by atoms with Gasteiger partial charge in [0.05, 0.1) is 16.3 Å². The summed E-state index contributed by atoms with van der Waals surface area (Å²) in [5.74, 6) is -0.0146. The van der Waals surface area contributed by atoms with Crippen molar-refractivity contribution in [3.63, 3.8) is 0 Å². The summed E-state index contributed by atoms with van der Waals surface area (Å²) in [6, 6.07) is 4.12. The maximum Gasteiger partial charge on any atom is 0.267 e. The number of aromatic amines is 1. The Morgan fingerprint density at radius 3 is 3.09 bits per heavy atom. The molecule has 124 valence electrons. The third-order valence-corrected chi connectivity index (χ3v) is 6.23. The Kier molecular flexibility index (Phi) is 3.91. The van der Waals surface area contributed by atoms with Crippen LogP contribution < -0.4 is 5.32 Å². The molecule has 2 aromatic rings. The first kappa shape index (κ1) is 15.2. The number of carbonyl (C=O) groups is 1. The molecule has 6 heteroatoms. The van der Waals surface area contributed by atoms with Gasteiger partial charge >= 0.3 is 0 Å². The molecule has 1 aliphatic carbocycles. The van der Waals surface area contributed by atoms with E-state index < -0.39 is 0 Å². The van der Waals surface area contributed by atoms with Crippen molar-refractivity contribution in [1.82, 2.24) is 10.3 Å². The molecule has 1 spiro atoms. The summed E-state index contributed by atoms with van der Waals surface area (Å²) in [6.07, 6.45) is 3.06. The lowest BCUT2D eigenvalue weighted by Gasteiger charge is -2.57. The van der Waals surface area contributed by atoms with Gasteiger partial charge in [-0.05, 0) is 43.7 Å². The average Bonchev–Trinajstić information content (AvgIpc) is 3.16. The monoisotopic (exact) mass is 334 g/mol. The molecule has 2 aliphatic rings. The zero-order valence-corrected chi connectivity index (χ0v) is 14.1. The van der Waals surface area contributed by atoms with E-state index in [-0.39, 0.29) is 23.5 Å². The molecule has 4 rings (SSSR count). The van der Waals surface area contributed by atoms with E-state index >= 15 is 0 Å². The summed E-state index contributed by atoms with van der Waals surface area (Å²) in [4.78, 5) is 15.8. The molecule has 2 aromatic heterocycles. The first-order chi connectivity index (χ1) is 11.2. The van der Waals surface area contributed by atoms with Gasteiger partial charge in [-0.15, -0.1) is 11.3 Å². The van der Waals surface area contributed by atoms with Gasteiger partial charge in [-0.3, -0.25) is 4.79 Å². The zero-order valence-electron chi connectivity index (χ0n) is 13.3. The van der Waals surface area contributed by atoms with E-state index in [1.807, 2.05) is 24.4 Å². The number of carbonyl (C=O) groups excluding carboxylic acids is 1. The lowest BCUT2D eigenvalue weighted by molar-refractivity contribution is -0.170. The van der Waals surface area contributed by atoms with Crippen LogP contribution in [0, 0.1) is 5.41 Å². The third-order valence-electron chi connectivity index (χ3n) is 5.37. The van der Waals surface area contributed by atoms with Crippen LogP contribution >= 0.6 is 11.3 Å². The highest BCUT2D eigenvalue weighted by molar-refractivity contribution is 7.17. The predicted molar refractivity (Wildman–Crippen MR) is 89.9 cm³/mol. The summed E-state index contributed by atoms with van der Waals surface area (Å²) in [5.41, 5.74) is 1.73. The number of nitrogens with one attached hydrogen (secondary N) is 2. The van der Waals surface area contributed by atoms with Crippen molar-refractivity contribution in [3.05, 3.63) is 23.2 Å². The van der Waals surface area contributed by atoms with Crippen LogP contribution in [0.5, 0.6) is 0 Å². The van der Waals surface area contributed by atoms with Crippen molar-refractivity contribution in [3.8, 4) is 0 Å². The predicted octanol–water partition coefficient (Wildman–Crippen LogP) is 2.93. The van der Waals surface area contributed by atoms with Gasteiger partial charge in [0.2, 0.25) is 0 Å². The summed E-state index contributed by atoms with van der Waals surface area (Å²) in [6.45, 7) is 4.27. The van der Waals surface area contributed by atoms with Crippen LogP contribution in [0.25, 0.3) is 10.2 Å². The number of amides is 1. The summed E-state index contributed by atoms with van der Waals surface area (Å²) in [7, 11) is 0. The first-order valence-corrected chi connectivity index (χ1v) is 9.17. The summed E-state index contributed by atoms with van der Waals surface area (Å²) < 4.78 is 12.6. The second-order valence-corrected chi connectivity index (χ2v) is 7.38. The van der Waals surface area contributed by atoms with Crippen LogP contribution in [0.4, 0.5) is 0 Å². The molecule has 1 saturated heterocycles. The highest BCUT2D eigenvalue weighted by atomic mass is 32.1. The van der Waals surface area contributed by atoms with Crippen LogP contribution in [0.2, 0.25) is 0 Å². The summed E-state index contributed by atoms with van der Waals surface area (Å²) in [5, 5.41) is 5.26. The molecule has 1 saturated carbocycles. The number of hydrogen-bond donors (Lipinski definition) is 2. The van der Waals surface area contributed by atoms with E-state index in [1.165, 1.54) is 0 Å². The summed E-state index contributed by atoms with van der Waals surface area (Å²) >= 11 is 1.64. The molecule has 2 atom stereocenters. The second-order valence-electron chi connectivity index (χ2n) is 6.43. The SMILES string of the molecule is CCO[C@@H]1C[C@@H](NC(=O)c2cc3sccc3[nH]2)C12CCOCC2. The minimum Gasteiger partial charge on any atom is -0.381 e. The van der Waals surface area contributed by atoms with Gasteiger partial charge in [0, 0.05) is 31.3 Å². The van der Waals surface area contributed by atoms with Gasteiger partial charge in [-0.2, -0.15) is 0 Å². The number of hydrogen-bond acceptors (Lipinski definition) is 4. The molecule has 0 unspecified atom stereocenters. The maximum atomic E-state index is 12.6. The van der Waals surface area contributed by atoms with Crippen LogP contribution in [0.1, 0.15) is 36.7 Å². The number of ether oxygens (including phenoxy) is 2. The van der Waals surface area contributed by atoms with E-state index in [4.69, 9.17) is 9.47 Å². The van der Waals surface area contributed by atoms with E-state index in [9.17, 15) is 4.79 Å². The van der Waals surface area contributed by atoms with Crippen LogP contribution in [-0.4, -0.2) is 42.9 Å². The van der Waals surface area contributed by atoms with E-state index in [1.54, 1.807) is 11.3 Å². The van der Waals surface area contributed by atoms with E-state index in [2.05, 4.69) is 10.3 Å². The molecule has 0 bridgehead atoms. The maximum absolute atomic E-state index is 12.6. The Morgan fingerprint density at radius 1 is 1.52 bits per heavy atom. The second kappa shape index (κ2) is 5.92. The smallest absolute Gasteiger partial charge is 0.267 e. The molecule has 1 aliphatic heterocycles. The fourth-order valence-corrected chi connectivity index (χ4v) is 4.80. The highest BCUT2D eigenvalue weighted by Crippen LogP contribution is 2.50. The quantitative estimate of drug-likeness (QED) is 0.903. The Balaban J connectivity index is 1.49. The Labute approximate surface area is 139 Å². The minimum absolute atomic E-state index is 0.0146. The van der Waals surface area contributed by atoms with Gasteiger partial charge in [0.25, 0.3) is 5.91 Å². The highest BCUT2D eigenvalue weighted by Gasteiger charge is 2.56. The fourth-order valence-electron chi connectivity index (χ4n) is 4.01. The van der Waals surface area contributed by atoms with Crippen molar-refractivity contribution in [2.45, 2.75) is 38.3 Å². The number of thiophene rings is 1. The van der Waals surface area contributed by atoms with Gasteiger partial charge in [-0.25, -0.2) is 0 Å². The third kappa shape index (κ3) is 2.49. The molecule has 5 nitrogen and oxygen atoms in total. The van der Waals surface area contributed by atoms with Crippen molar-refractivity contribution in [2.75, 3.05) is 19.8 Å². The van der Waals surface area contributed by atoms with Crippen LogP contribution in [-0.2, 0) is 9.47 Å². The van der Waals surface area contributed by atoms with Crippen LogP contribution in [0.15, 0.2) is 17.5 Å². The van der Waals surface area contributed by atoms with Gasteiger partial charge in [0.1, 0.15) is 5.69 Å². The van der Waals surface area contributed by atoms with E-state index in [0.29, 0.717) is 5.69 Å². The van der Waals surface area contributed by atoms with Crippen molar-refractivity contribution in [2.24, 2.45) is 5.41 Å². The fraction of sp³-hybridized carbons (Fsp3) is 0.588. The van der Waals surface area contributed by atoms with Gasteiger partial charge < -0.3 is 19.8 Å². The number of fused-ring (bicyclic) bond motifs is 1. The number of rotatable bonds is 4. The standard InChI is InChI=1S/C17H22N2O3S/c1-2-22-15-10-14(17(15)4-6-21-7-5-17)19-16(20)12-9-13-11(18-12)3-8-23-13/h3,8-9,14-15,18H,2,4-7,10H2,1H3,(H,19,20)/t14-,15-/m1/s1.